The quantitative estimate of drug-likeness (QED) is 0.238. The van der Waals surface area contributed by atoms with Crippen LogP contribution < -0.4 is 0 Å². The Bertz CT molecular complexity index is 600. The fourth-order valence-corrected chi connectivity index (χ4v) is 11.8. The van der Waals surface area contributed by atoms with Gasteiger partial charge >= 0.3 is 155 Å². The Kier molecular flexibility index (Phi) is 8.53. The van der Waals surface area contributed by atoms with Gasteiger partial charge in [-0.15, -0.1) is 0 Å². The Morgan fingerprint density at radius 1 is 0.917 bits per heavy atom. The fraction of sp³-hybridized carbons (Fsp3) is 0.333. The third kappa shape index (κ3) is 6.71. The molecule has 0 N–H and O–H groups in total. The van der Waals surface area contributed by atoms with E-state index in [9.17, 15) is 7.21 Å². The average Bonchev–Trinajstić information content (AvgIpc) is 2.61. The van der Waals surface area contributed by atoms with Crippen LogP contribution in [-0.2, 0) is 9.52 Å². The van der Waals surface area contributed by atoms with Gasteiger partial charge in [-0.3, -0.25) is 0 Å². The molecule has 2 aromatic rings. The summed E-state index contributed by atoms with van der Waals surface area (Å²) in [6.45, 7) is 2.26. The molecule has 0 radical (unpaired) electrons. The Hall–Kier alpha value is -0.622. The zero-order valence-electron chi connectivity index (χ0n) is 13.7. The van der Waals surface area contributed by atoms with E-state index >= 15 is 0 Å². The van der Waals surface area contributed by atoms with Crippen molar-refractivity contribution in [3.05, 3.63) is 67.8 Å². The van der Waals surface area contributed by atoms with Crippen LogP contribution in [0.3, 0.4) is 0 Å². The molecule has 0 aliphatic carbocycles. The van der Waals surface area contributed by atoms with Crippen LogP contribution in [0.1, 0.15) is 32.6 Å². The van der Waals surface area contributed by atoms with Crippen molar-refractivity contribution in [1.82, 2.24) is 0 Å². The maximum absolute atomic E-state index is 14.4. The van der Waals surface area contributed by atoms with Crippen molar-refractivity contribution < 1.29 is 13.0 Å². The molecule has 1 unspecified atom stereocenters. The summed E-state index contributed by atoms with van der Waals surface area (Å²) in [5, 5.41) is 0. The second kappa shape index (κ2) is 10.4. The first-order valence-electron chi connectivity index (χ1n) is 8.07. The molecule has 0 saturated carbocycles. The zero-order valence-corrected chi connectivity index (χ0v) is 17.8. The van der Waals surface area contributed by atoms with E-state index in [1.165, 1.54) is 0 Å². The zero-order chi connectivity index (χ0) is 17.3. The van der Waals surface area contributed by atoms with Gasteiger partial charge in [0.15, 0.2) is 0 Å². The predicted octanol–water partition coefficient (Wildman–Crippen LogP) is 5.60. The summed E-state index contributed by atoms with van der Waals surface area (Å²) in [5.74, 6) is 0. The molecule has 2 aromatic carbocycles. The van der Waals surface area contributed by atoms with Crippen LogP contribution >= 0.6 is 20.2 Å². The van der Waals surface area contributed by atoms with Gasteiger partial charge in [-0.05, 0) is 0 Å². The summed E-state index contributed by atoms with van der Waals surface area (Å²) in [5.41, 5.74) is 0. The minimum atomic E-state index is -5.25. The summed E-state index contributed by atoms with van der Waals surface area (Å²) < 4.78 is 39.0. The van der Waals surface area contributed by atoms with Gasteiger partial charge in [0, 0.05) is 0 Å². The first-order chi connectivity index (χ1) is 11.6. The number of benzene rings is 2. The van der Waals surface area contributed by atoms with Crippen LogP contribution in [-0.4, -0.2) is 21.2 Å². The van der Waals surface area contributed by atoms with Crippen molar-refractivity contribution in [2.24, 2.45) is 0 Å². The minimum absolute atomic E-state index is 0.153. The van der Waals surface area contributed by atoms with Gasteiger partial charge in [-0.25, -0.2) is 0 Å². The van der Waals surface area contributed by atoms with Gasteiger partial charge in [0.05, 0.1) is 0 Å². The molecule has 0 aliphatic heterocycles. The Morgan fingerprint density at radius 3 is 1.96 bits per heavy atom. The van der Waals surface area contributed by atoms with Crippen LogP contribution in [0.4, 0.5) is 3.47 Å². The normalized spacial score (nSPS) is 14.2. The molecule has 0 aromatic heterocycles. The number of unbranched alkanes of at least 4 members (excludes halogenated alkanes) is 3. The molecule has 0 bridgehead atoms. The van der Waals surface area contributed by atoms with Crippen LogP contribution in [0.15, 0.2) is 60.7 Å². The monoisotopic (exact) mass is 508 g/mol. The molecule has 2 rings (SSSR count). The molecule has 0 heterocycles. The molecule has 3 nitrogen and oxygen atoms in total. The van der Waals surface area contributed by atoms with Crippen molar-refractivity contribution in [2.75, 3.05) is 6.61 Å². The molecule has 0 saturated heterocycles. The van der Waals surface area contributed by atoms with Crippen molar-refractivity contribution in [3.8, 4) is 0 Å². The third-order valence-electron chi connectivity index (χ3n) is 3.26. The van der Waals surface area contributed by atoms with E-state index in [0.717, 1.165) is 26.4 Å². The topological polar surface area (TPSA) is 35.5 Å². The van der Waals surface area contributed by atoms with Crippen LogP contribution in [0.5, 0.6) is 0 Å². The summed E-state index contributed by atoms with van der Waals surface area (Å²) >= 11 is -7.83. The average molecular weight is 508 g/mol. The SMILES string of the molecule is CCCCCCO[As](=O)(F)OI(c1ccccc1)c1ccccc1. The molecule has 0 fully saturated rings. The third-order valence-corrected chi connectivity index (χ3v) is 13.1. The van der Waals surface area contributed by atoms with Gasteiger partial charge in [-0.2, -0.15) is 0 Å². The van der Waals surface area contributed by atoms with Crippen LogP contribution in [0, 0.1) is 7.14 Å². The summed E-state index contributed by atoms with van der Waals surface area (Å²) in [4.78, 5) is 0. The van der Waals surface area contributed by atoms with Gasteiger partial charge in [-0.1, -0.05) is 0 Å². The number of rotatable bonds is 10. The first-order valence-corrected chi connectivity index (χ1v) is 14.1. The van der Waals surface area contributed by atoms with E-state index in [1.54, 1.807) is 0 Å². The molecule has 1 atom stereocenters. The maximum atomic E-state index is 14.4. The van der Waals surface area contributed by atoms with Gasteiger partial charge in [0.2, 0.25) is 0 Å². The van der Waals surface area contributed by atoms with Crippen molar-refractivity contribution in [3.63, 3.8) is 0 Å². The van der Waals surface area contributed by atoms with E-state index in [0.29, 0.717) is 6.42 Å². The van der Waals surface area contributed by atoms with E-state index in [-0.39, 0.29) is 6.61 Å². The summed E-state index contributed by atoms with van der Waals surface area (Å²) in [6.07, 6.45) is 3.82. The standard InChI is InChI=1S/C18H23AsFIO3/c1-2-3-4-11-16-23-19(20,22)24-21(17-12-7-5-8-13-17)18-14-9-6-10-15-18/h5-10,12-15H,2-4,11,16H2,1H3. The number of hydrogen-bond donors (Lipinski definition) is 0. The predicted molar refractivity (Wildman–Crippen MR) is 103 cm³/mol. The molecule has 0 amide bonds. The van der Waals surface area contributed by atoms with E-state index in [4.69, 9.17) is 5.78 Å². The summed E-state index contributed by atoms with van der Waals surface area (Å²) in [7, 11) is 0. The van der Waals surface area contributed by atoms with Crippen molar-refractivity contribution >= 4 is 34.9 Å². The Morgan fingerprint density at radius 2 is 1.46 bits per heavy atom. The second-order valence-corrected chi connectivity index (χ2v) is 13.8. The first kappa shape index (κ1) is 19.7. The van der Waals surface area contributed by atoms with Crippen LogP contribution in [0.25, 0.3) is 0 Å². The Labute approximate surface area is 154 Å². The molecule has 24 heavy (non-hydrogen) atoms. The molecular formula is C18H23AsFIO3. The second-order valence-electron chi connectivity index (χ2n) is 5.23. The van der Waals surface area contributed by atoms with Crippen LogP contribution in [0.2, 0.25) is 0 Å². The molecule has 6 heteroatoms. The Balaban J connectivity index is 2.06. The molecule has 0 spiro atoms. The molecule has 0 aliphatic rings. The van der Waals surface area contributed by atoms with Gasteiger partial charge in [0.25, 0.3) is 0 Å². The fourth-order valence-electron chi connectivity index (χ4n) is 2.07. The molecular weight excluding hydrogens is 485 g/mol. The van der Waals surface area contributed by atoms with E-state index in [2.05, 4.69) is 6.92 Å². The van der Waals surface area contributed by atoms with Gasteiger partial charge in [0.1, 0.15) is 0 Å². The van der Waals surface area contributed by atoms with E-state index in [1.807, 2.05) is 60.7 Å². The van der Waals surface area contributed by atoms with Crippen molar-refractivity contribution in [1.29, 1.82) is 0 Å². The number of halogens is 2. The van der Waals surface area contributed by atoms with Crippen molar-refractivity contribution in [2.45, 2.75) is 32.6 Å². The van der Waals surface area contributed by atoms with Gasteiger partial charge < -0.3 is 0 Å². The molecule has 132 valence electrons. The number of hydrogen-bond acceptors (Lipinski definition) is 3. The van der Waals surface area contributed by atoms with E-state index < -0.39 is 34.9 Å². The summed E-state index contributed by atoms with van der Waals surface area (Å²) in [6, 6.07) is 18.9.